The van der Waals surface area contributed by atoms with Gasteiger partial charge in [0.1, 0.15) is 11.6 Å². The number of para-hydroxylation sites is 1. The maximum atomic E-state index is 12.0. The first kappa shape index (κ1) is 41.4. The van der Waals surface area contributed by atoms with Crippen LogP contribution in [0, 0.1) is 13.8 Å². The maximum absolute atomic E-state index is 12.0. The maximum Gasteiger partial charge on any atom is 0.149 e. The van der Waals surface area contributed by atoms with E-state index in [9.17, 15) is 5.11 Å². The van der Waals surface area contributed by atoms with Crippen LogP contribution in [0.2, 0.25) is 0 Å². The second-order valence-electron chi connectivity index (χ2n) is 20.7. The van der Waals surface area contributed by atoms with E-state index in [2.05, 4.69) is 150 Å². The van der Waals surface area contributed by atoms with Crippen molar-refractivity contribution in [1.29, 1.82) is 0 Å². The van der Waals surface area contributed by atoms with Crippen molar-refractivity contribution in [3.63, 3.8) is 0 Å². The number of aromatic hydroxyl groups is 1. The lowest BCUT2D eigenvalue weighted by Crippen LogP contribution is -2.12. The summed E-state index contributed by atoms with van der Waals surface area (Å²) in [6.45, 7) is 28.8. The Morgan fingerprint density at radius 3 is 1.74 bits per heavy atom. The number of aryl methyl sites for hydroxylation is 2. The molecule has 1 N–H and O–H groups in total. The molecule has 8 rings (SSSR count). The van der Waals surface area contributed by atoms with Gasteiger partial charge in [-0.05, 0) is 158 Å². The van der Waals surface area contributed by atoms with Crippen molar-refractivity contribution in [2.24, 2.45) is 0 Å². The molecule has 0 radical (unpaired) electrons. The third-order valence-electron chi connectivity index (χ3n) is 12.9. The summed E-state index contributed by atoms with van der Waals surface area (Å²) in [6, 6.07) is 42.4. The van der Waals surface area contributed by atoms with Gasteiger partial charge < -0.3 is 5.11 Å². The number of hydrogen-bond acceptors (Lipinski definition) is 3. The lowest BCUT2D eigenvalue weighted by atomic mass is 9.83. The van der Waals surface area contributed by atoms with Crippen LogP contribution in [-0.4, -0.2) is 19.6 Å². The number of nitrogens with zero attached hydrogens (tertiary/aromatic N) is 3. The van der Waals surface area contributed by atoms with Crippen molar-refractivity contribution in [2.45, 2.75) is 125 Å². The van der Waals surface area contributed by atoms with E-state index in [0.29, 0.717) is 11.4 Å². The fraction of sp³-hybridized carbons (Fsp3) is 0.311. The number of pyridine rings is 1. The largest absolute Gasteiger partial charge is 0.507 e. The van der Waals surface area contributed by atoms with Crippen LogP contribution in [0.3, 0.4) is 0 Å². The fourth-order valence-electron chi connectivity index (χ4n) is 8.73. The fourth-order valence-corrected chi connectivity index (χ4v) is 8.73. The molecule has 0 amide bonds. The molecule has 0 atom stereocenters. The van der Waals surface area contributed by atoms with Crippen molar-refractivity contribution in [2.75, 3.05) is 0 Å². The van der Waals surface area contributed by atoms with Crippen LogP contribution in [0.25, 0.3) is 72.7 Å². The molecule has 0 aliphatic rings. The van der Waals surface area contributed by atoms with Gasteiger partial charge in [-0.3, -0.25) is 9.55 Å². The van der Waals surface area contributed by atoms with Crippen LogP contribution in [0.15, 0.2) is 128 Å². The van der Waals surface area contributed by atoms with Gasteiger partial charge in [-0.2, -0.15) is 0 Å². The van der Waals surface area contributed by atoms with Gasteiger partial charge in [-0.25, -0.2) is 4.98 Å². The molecule has 0 aliphatic heterocycles. The Kier molecular flexibility index (Phi) is 11.0. The van der Waals surface area contributed by atoms with Gasteiger partial charge in [-0.15, -0.1) is 0 Å². The highest BCUT2D eigenvalue weighted by molar-refractivity contribution is 5.97. The summed E-state index contributed by atoms with van der Waals surface area (Å²) in [7, 11) is 0. The van der Waals surface area contributed by atoms with E-state index in [1.165, 1.54) is 5.56 Å². The number of phenols is 1. The summed E-state index contributed by atoms with van der Waals surface area (Å²) in [5.74, 6) is -1.50. The molecule has 2 heterocycles. The molecule has 65 heavy (non-hydrogen) atoms. The smallest absolute Gasteiger partial charge is 0.149 e. The van der Waals surface area contributed by atoms with E-state index >= 15 is 0 Å². The SMILES string of the molecule is [2H]C(C)(C)c1ccc(-c2ccnc(-c3cc(-c4cccc5c4nc(-c4cc(C(C)(C)C)cc(C)c4O)n5-c4ccc(-c5cc(C([2H])(C)C)cc(C([2H])(C)C)c5)cc4C)cc(C(C)(C)C)c3)c2)cc1. The van der Waals surface area contributed by atoms with E-state index in [-0.39, 0.29) is 16.6 Å². The topological polar surface area (TPSA) is 50.9 Å². The average Bonchev–Trinajstić information content (AvgIpc) is 3.64. The minimum atomic E-state index is -0.837. The Balaban J connectivity index is 1.35. The average molecular weight is 861 g/mol. The highest BCUT2D eigenvalue weighted by atomic mass is 16.3. The number of hydrogen-bond donors (Lipinski definition) is 1. The van der Waals surface area contributed by atoms with Gasteiger partial charge in [0.15, 0.2) is 0 Å². The van der Waals surface area contributed by atoms with Crippen molar-refractivity contribution in [3.8, 4) is 67.5 Å². The third kappa shape index (κ3) is 9.06. The van der Waals surface area contributed by atoms with Crippen LogP contribution in [-0.2, 0) is 10.8 Å². The summed E-state index contributed by atoms with van der Waals surface area (Å²) in [5.41, 5.74) is 17.7. The minimum absolute atomic E-state index is 0.178. The molecule has 4 heteroatoms. The minimum Gasteiger partial charge on any atom is -0.507 e. The molecular weight excluding hydrogens is 791 g/mol. The van der Waals surface area contributed by atoms with E-state index in [1.807, 2.05) is 78.9 Å². The Hall–Kier alpha value is -6.26. The second-order valence-corrected chi connectivity index (χ2v) is 20.7. The first-order valence-electron chi connectivity index (χ1n) is 24.4. The summed E-state index contributed by atoms with van der Waals surface area (Å²) < 4.78 is 28.5. The lowest BCUT2D eigenvalue weighted by Gasteiger charge is -2.22. The zero-order chi connectivity index (χ0) is 49.5. The molecule has 0 bridgehead atoms. The summed E-state index contributed by atoms with van der Waals surface area (Å²) in [4.78, 5) is 10.5. The molecule has 0 saturated carbocycles. The Morgan fingerprint density at radius 1 is 0.523 bits per heavy atom. The zero-order valence-corrected chi connectivity index (χ0v) is 40.9. The van der Waals surface area contributed by atoms with Gasteiger partial charge >= 0.3 is 0 Å². The van der Waals surface area contributed by atoms with E-state index < -0.39 is 17.7 Å². The van der Waals surface area contributed by atoms with E-state index in [0.717, 1.165) is 94.7 Å². The number of imidazole rings is 1. The van der Waals surface area contributed by atoms with Crippen LogP contribution in [0.5, 0.6) is 5.75 Å². The number of benzene rings is 6. The molecule has 332 valence electrons. The summed E-state index contributed by atoms with van der Waals surface area (Å²) in [6.07, 6.45) is 1.88. The van der Waals surface area contributed by atoms with Crippen molar-refractivity contribution in [1.82, 2.24) is 14.5 Å². The Labute approximate surface area is 392 Å². The number of aromatic nitrogens is 3. The molecule has 0 unspecified atom stereocenters. The van der Waals surface area contributed by atoms with Gasteiger partial charge in [0.2, 0.25) is 0 Å². The lowest BCUT2D eigenvalue weighted by molar-refractivity contribution is 0.471. The van der Waals surface area contributed by atoms with Crippen molar-refractivity contribution in [3.05, 3.63) is 166 Å². The van der Waals surface area contributed by atoms with Crippen molar-refractivity contribution >= 4 is 11.0 Å². The quantitative estimate of drug-likeness (QED) is 0.157. The normalized spacial score (nSPS) is 13.5. The molecule has 8 aromatic rings. The van der Waals surface area contributed by atoms with Gasteiger partial charge in [0.25, 0.3) is 0 Å². The monoisotopic (exact) mass is 861 g/mol. The molecule has 0 fully saturated rings. The van der Waals surface area contributed by atoms with Crippen molar-refractivity contribution < 1.29 is 9.22 Å². The molecule has 0 spiro atoms. The van der Waals surface area contributed by atoms with Crippen LogP contribution >= 0.6 is 0 Å². The second kappa shape index (κ2) is 17.3. The summed E-state index contributed by atoms with van der Waals surface area (Å²) >= 11 is 0. The predicted octanol–water partition coefficient (Wildman–Crippen LogP) is 17.0. The Morgan fingerprint density at radius 2 is 1.12 bits per heavy atom. The number of rotatable bonds is 9. The third-order valence-corrected chi connectivity index (χ3v) is 12.9. The first-order chi connectivity index (χ1) is 31.6. The Bertz CT molecular complexity index is 3180. The molecule has 0 aliphatic carbocycles. The highest BCUT2D eigenvalue weighted by Crippen LogP contribution is 2.43. The molecule has 6 aromatic carbocycles. The molecule has 2 aromatic heterocycles. The standard InChI is InChI=1S/C61H67N3O/c1-36(2)41-18-20-42(21-19-41)44-24-25-62-54(34-44)49-31-48(32-51(33-49)61(12,13)14)52-16-15-17-56-57(52)63-59(53-35-50(60(9,10)11)27-40(8)58(53)65)64(56)55-23-22-43(26-39(55)7)47-29-45(37(3)4)28-46(30-47)38(5)6/h15-38,65H,1-14H3/i36D,37D,38D. The van der Waals surface area contributed by atoms with Gasteiger partial charge in [0.05, 0.1) is 28.0 Å². The predicted molar refractivity (Wildman–Crippen MR) is 277 cm³/mol. The van der Waals surface area contributed by atoms with E-state index in [1.54, 1.807) is 0 Å². The van der Waals surface area contributed by atoms with E-state index in [4.69, 9.17) is 14.1 Å². The van der Waals surface area contributed by atoms with Crippen LogP contribution < -0.4 is 0 Å². The van der Waals surface area contributed by atoms with Gasteiger partial charge in [0, 0.05) is 21.4 Å². The molecule has 0 saturated heterocycles. The molecule has 4 nitrogen and oxygen atoms in total. The zero-order valence-electron chi connectivity index (χ0n) is 43.9. The highest BCUT2D eigenvalue weighted by Gasteiger charge is 2.26. The van der Waals surface area contributed by atoms with Crippen LogP contribution in [0.4, 0.5) is 0 Å². The summed E-state index contributed by atoms with van der Waals surface area (Å²) in [5, 5.41) is 12.0. The van der Waals surface area contributed by atoms with Gasteiger partial charge in [-0.1, -0.05) is 156 Å². The number of fused-ring (bicyclic) bond motifs is 1. The first-order valence-corrected chi connectivity index (χ1v) is 22.9. The number of phenolic OH excluding ortho intramolecular Hbond substituents is 1. The molecular formula is C61H67N3O. The van der Waals surface area contributed by atoms with Crippen LogP contribution in [0.1, 0.15) is 144 Å².